The maximum absolute atomic E-state index is 11.4. The van der Waals surface area contributed by atoms with Crippen LogP contribution in [0.15, 0.2) is 24.4 Å². The summed E-state index contributed by atoms with van der Waals surface area (Å²) in [5, 5.41) is 29.4. The number of hydrogen-bond acceptors (Lipinski definition) is 7. The summed E-state index contributed by atoms with van der Waals surface area (Å²) in [6.07, 6.45) is 0.471. The third-order valence-corrected chi connectivity index (χ3v) is 5.23. The number of nitrogens with one attached hydrogen (secondary N) is 3. The molecule has 0 radical (unpaired) electrons. The molecule has 0 bridgehead atoms. The van der Waals surface area contributed by atoms with Crippen molar-refractivity contribution in [3.05, 3.63) is 50.1 Å². The Morgan fingerprint density at radius 1 is 1.29 bits per heavy atom. The van der Waals surface area contributed by atoms with Gasteiger partial charge in [-0.15, -0.1) is 0 Å². The molecule has 1 aromatic carbocycles. The zero-order chi connectivity index (χ0) is 23.2. The van der Waals surface area contributed by atoms with Crippen molar-refractivity contribution in [2.45, 2.75) is 39.8 Å². The Bertz CT molecular complexity index is 931. The number of amides is 1. The van der Waals surface area contributed by atoms with E-state index in [-0.39, 0.29) is 42.0 Å². The zero-order valence-corrected chi connectivity index (χ0v) is 18.8. The fraction of sp³-hybridized carbons (Fsp3) is 0.421. The summed E-state index contributed by atoms with van der Waals surface area (Å²) < 4.78 is 0. The Morgan fingerprint density at radius 2 is 1.94 bits per heavy atom. The summed E-state index contributed by atoms with van der Waals surface area (Å²) in [4.78, 5) is 29.9. The first-order chi connectivity index (χ1) is 14.5. The number of nitrogens with zero attached hydrogens (tertiary/aromatic N) is 3. The minimum absolute atomic E-state index is 0.00908. The zero-order valence-electron chi connectivity index (χ0n) is 17.3. The van der Waals surface area contributed by atoms with Gasteiger partial charge in [-0.1, -0.05) is 50.0 Å². The van der Waals surface area contributed by atoms with Gasteiger partial charge in [0.1, 0.15) is 6.20 Å². The van der Waals surface area contributed by atoms with Crippen molar-refractivity contribution in [3.8, 4) is 0 Å². The standard InChI is InChI=1S/C19H24Cl2N6O4/c1-19(2,3)15(7-8-22-18(28)29)25-17-24-10-14(27(30)31)16(26-17)23-9-11-12(20)5-4-6-13(11)21/h4-6,10,15,22H,7-9H2,1-3H3,(H,28,29)(H2,23,24,25,26). The minimum atomic E-state index is -1.11. The van der Waals surface area contributed by atoms with Crippen LogP contribution in [0.1, 0.15) is 32.8 Å². The number of carbonyl (C=O) groups is 1. The van der Waals surface area contributed by atoms with Gasteiger partial charge in [0.2, 0.25) is 11.8 Å². The first-order valence-electron chi connectivity index (χ1n) is 9.40. The molecule has 168 valence electrons. The van der Waals surface area contributed by atoms with E-state index in [9.17, 15) is 14.9 Å². The highest BCUT2D eigenvalue weighted by Crippen LogP contribution is 2.29. The summed E-state index contributed by atoms with van der Waals surface area (Å²) in [5.41, 5.74) is 0.0263. The predicted molar refractivity (Wildman–Crippen MR) is 120 cm³/mol. The van der Waals surface area contributed by atoms with Gasteiger partial charge in [0.25, 0.3) is 0 Å². The van der Waals surface area contributed by atoms with E-state index in [0.29, 0.717) is 22.0 Å². The van der Waals surface area contributed by atoms with E-state index in [4.69, 9.17) is 28.3 Å². The van der Waals surface area contributed by atoms with Gasteiger partial charge in [0.15, 0.2) is 0 Å². The van der Waals surface area contributed by atoms with Crippen LogP contribution in [0.4, 0.5) is 22.2 Å². The fourth-order valence-corrected chi connectivity index (χ4v) is 3.31. The van der Waals surface area contributed by atoms with Gasteiger partial charge in [0, 0.05) is 34.7 Å². The largest absolute Gasteiger partial charge is 0.465 e. The molecule has 1 aromatic heterocycles. The molecule has 0 aliphatic carbocycles. The number of benzene rings is 1. The molecule has 1 heterocycles. The quantitative estimate of drug-likeness (QED) is 0.302. The summed E-state index contributed by atoms with van der Waals surface area (Å²) in [6, 6.07) is 4.84. The maximum atomic E-state index is 11.4. The molecule has 1 unspecified atom stereocenters. The van der Waals surface area contributed by atoms with Gasteiger partial charge < -0.3 is 21.1 Å². The lowest BCUT2D eigenvalue weighted by atomic mass is 9.85. The van der Waals surface area contributed by atoms with E-state index in [1.165, 1.54) is 0 Å². The lowest BCUT2D eigenvalue weighted by molar-refractivity contribution is -0.384. The number of halogens is 2. The lowest BCUT2D eigenvalue weighted by Gasteiger charge is -2.31. The van der Waals surface area contributed by atoms with Crippen LogP contribution in [-0.4, -0.2) is 38.7 Å². The van der Waals surface area contributed by atoms with Gasteiger partial charge in [0.05, 0.1) is 4.92 Å². The van der Waals surface area contributed by atoms with Gasteiger partial charge in [-0.2, -0.15) is 4.98 Å². The van der Waals surface area contributed by atoms with Crippen molar-refractivity contribution >= 4 is 46.7 Å². The number of anilines is 2. The third kappa shape index (κ3) is 7.11. The van der Waals surface area contributed by atoms with Crippen LogP contribution in [0.25, 0.3) is 0 Å². The molecule has 0 aliphatic rings. The highest BCUT2D eigenvalue weighted by molar-refractivity contribution is 6.36. The van der Waals surface area contributed by atoms with E-state index in [2.05, 4.69) is 25.9 Å². The van der Waals surface area contributed by atoms with Crippen LogP contribution in [-0.2, 0) is 6.54 Å². The highest BCUT2D eigenvalue weighted by Gasteiger charge is 2.26. The monoisotopic (exact) mass is 470 g/mol. The Labute approximate surface area is 189 Å². The summed E-state index contributed by atoms with van der Waals surface area (Å²) >= 11 is 12.3. The van der Waals surface area contributed by atoms with Crippen LogP contribution >= 0.6 is 23.2 Å². The molecule has 0 aliphatic heterocycles. The highest BCUT2D eigenvalue weighted by atomic mass is 35.5. The Morgan fingerprint density at radius 3 is 2.48 bits per heavy atom. The average Bonchev–Trinajstić information content (AvgIpc) is 2.65. The first kappa shape index (κ1) is 24.4. The SMILES string of the molecule is CC(C)(C)C(CCNC(=O)O)Nc1ncc([N+](=O)[O-])c(NCc2c(Cl)cccc2Cl)n1. The van der Waals surface area contributed by atoms with Crippen LogP contribution in [0.2, 0.25) is 10.0 Å². The Kier molecular flexibility index (Phi) is 8.23. The second-order valence-corrected chi connectivity index (χ2v) is 8.64. The fourth-order valence-electron chi connectivity index (χ4n) is 2.78. The van der Waals surface area contributed by atoms with Crippen LogP contribution < -0.4 is 16.0 Å². The first-order valence-corrected chi connectivity index (χ1v) is 10.2. The van der Waals surface area contributed by atoms with Crippen molar-refractivity contribution in [3.63, 3.8) is 0 Å². The average molecular weight is 471 g/mol. The number of hydrogen-bond donors (Lipinski definition) is 4. The topological polar surface area (TPSA) is 142 Å². The molecule has 31 heavy (non-hydrogen) atoms. The summed E-state index contributed by atoms with van der Waals surface area (Å²) in [7, 11) is 0. The molecule has 1 amide bonds. The lowest BCUT2D eigenvalue weighted by Crippen LogP contribution is -2.38. The molecule has 0 spiro atoms. The summed E-state index contributed by atoms with van der Waals surface area (Å²) in [5.74, 6) is 0.184. The van der Waals surface area contributed by atoms with E-state index in [1.807, 2.05) is 20.8 Å². The number of carboxylic acid groups (broad SMARTS) is 1. The van der Waals surface area contributed by atoms with Crippen molar-refractivity contribution in [1.29, 1.82) is 0 Å². The third-order valence-electron chi connectivity index (χ3n) is 4.52. The molecule has 4 N–H and O–H groups in total. The Balaban J connectivity index is 2.24. The van der Waals surface area contributed by atoms with Crippen molar-refractivity contribution in [2.24, 2.45) is 5.41 Å². The summed E-state index contributed by atoms with van der Waals surface area (Å²) in [6.45, 7) is 6.30. The van der Waals surface area contributed by atoms with Crippen LogP contribution in [0.3, 0.4) is 0 Å². The van der Waals surface area contributed by atoms with Crippen molar-refractivity contribution in [1.82, 2.24) is 15.3 Å². The molecule has 1 atom stereocenters. The van der Waals surface area contributed by atoms with E-state index in [0.717, 1.165) is 6.20 Å². The normalized spacial score (nSPS) is 12.2. The molecule has 0 fully saturated rings. The van der Waals surface area contributed by atoms with E-state index >= 15 is 0 Å². The second-order valence-electron chi connectivity index (χ2n) is 7.82. The van der Waals surface area contributed by atoms with Crippen LogP contribution in [0.5, 0.6) is 0 Å². The van der Waals surface area contributed by atoms with E-state index in [1.54, 1.807) is 18.2 Å². The molecule has 0 saturated carbocycles. The van der Waals surface area contributed by atoms with Gasteiger partial charge >= 0.3 is 11.8 Å². The number of nitro groups is 1. The van der Waals surface area contributed by atoms with Crippen molar-refractivity contribution < 1.29 is 14.8 Å². The predicted octanol–water partition coefficient (Wildman–Crippen LogP) is 4.79. The van der Waals surface area contributed by atoms with Crippen molar-refractivity contribution in [2.75, 3.05) is 17.2 Å². The smallest absolute Gasteiger partial charge is 0.404 e. The molecule has 2 rings (SSSR count). The number of rotatable bonds is 9. The molecule has 0 saturated heterocycles. The van der Waals surface area contributed by atoms with Crippen LogP contribution in [0, 0.1) is 15.5 Å². The number of aromatic nitrogens is 2. The second kappa shape index (κ2) is 10.5. The Hall–Kier alpha value is -2.85. The maximum Gasteiger partial charge on any atom is 0.404 e. The molecule has 10 nitrogen and oxygen atoms in total. The van der Waals surface area contributed by atoms with Gasteiger partial charge in [-0.05, 0) is 24.0 Å². The molecular formula is C19H24Cl2N6O4. The van der Waals surface area contributed by atoms with Gasteiger partial charge in [-0.25, -0.2) is 9.78 Å². The van der Waals surface area contributed by atoms with E-state index < -0.39 is 11.0 Å². The molecule has 2 aromatic rings. The van der Waals surface area contributed by atoms with Gasteiger partial charge in [-0.3, -0.25) is 10.1 Å². The minimum Gasteiger partial charge on any atom is -0.465 e. The molecule has 12 heteroatoms. The molecular weight excluding hydrogens is 447 g/mol.